The van der Waals surface area contributed by atoms with Crippen molar-refractivity contribution in [2.75, 3.05) is 20.2 Å². The molecule has 0 aliphatic carbocycles. The number of carbonyl (C=O) groups excluding carboxylic acids is 3. The standard InChI is InChI=1S/C25H26FN3O5/c1-33-18-5-2-15(3-6-18)12-16-8-10-29(11-9-16)22(30)21-14-25(23(31)27-24(32)28-25)19-13-17(26)4-7-20(19)34-21/h2-7,13,16,21H,8-12,14H2,1H3,(H2,27,28,31,32). The predicted octanol–water partition coefficient (Wildman–Crippen LogP) is 2.50. The van der Waals surface area contributed by atoms with Crippen molar-refractivity contribution in [2.24, 2.45) is 5.92 Å². The van der Waals surface area contributed by atoms with Crippen LogP contribution in [0.25, 0.3) is 0 Å². The van der Waals surface area contributed by atoms with E-state index < -0.39 is 29.4 Å². The van der Waals surface area contributed by atoms with Gasteiger partial charge in [-0.25, -0.2) is 9.18 Å². The van der Waals surface area contributed by atoms with Crippen molar-refractivity contribution >= 4 is 17.8 Å². The summed E-state index contributed by atoms with van der Waals surface area (Å²) in [4.78, 5) is 39.8. The molecule has 3 aliphatic heterocycles. The van der Waals surface area contributed by atoms with Crippen molar-refractivity contribution in [2.45, 2.75) is 37.3 Å². The van der Waals surface area contributed by atoms with Crippen molar-refractivity contribution in [3.05, 3.63) is 59.4 Å². The third kappa shape index (κ3) is 3.95. The molecule has 1 spiro atoms. The summed E-state index contributed by atoms with van der Waals surface area (Å²) in [6.07, 6.45) is 1.59. The Balaban J connectivity index is 1.27. The molecule has 8 nitrogen and oxygen atoms in total. The summed E-state index contributed by atoms with van der Waals surface area (Å²) in [7, 11) is 1.64. The van der Waals surface area contributed by atoms with E-state index in [1.165, 1.54) is 23.8 Å². The summed E-state index contributed by atoms with van der Waals surface area (Å²) in [6.45, 7) is 1.17. The van der Waals surface area contributed by atoms with Gasteiger partial charge in [-0.2, -0.15) is 0 Å². The van der Waals surface area contributed by atoms with Crippen LogP contribution < -0.4 is 20.1 Å². The van der Waals surface area contributed by atoms with Gasteiger partial charge in [-0.05, 0) is 61.1 Å². The lowest BCUT2D eigenvalue weighted by atomic mass is 9.81. The Hall–Kier alpha value is -3.62. The molecule has 0 radical (unpaired) electrons. The summed E-state index contributed by atoms with van der Waals surface area (Å²) in [6, 6.07) is 11.1. The lowest BCUT2D eigenvalue weighted by Crippen LogP contribution is -2.55. The second-order valence-corrected chi connectivity index (χ2v) is 9.09. The molecule has 9 heteroatoms. The fourth-order valence-electron chi connectivity index (χ4n) is 5.14. The number of halogens is 1. The number of amides is 4. The molecule has 0 aromatic heterocycles. The van der Waals surface area contributed by atoms with Gasteiger partial charge in [-0.1, -0.05) is 12.1 Å². The van der Waals surface area contributed by atoms with Crippen molar-refractivity contribution in [1.29, 1.82) is 0 Å². The van der Waals surface area contributed by atoms with Crippen LogP contribution in [0.2, 0.25) is 0 Å². The number of likely N-dealkylation sites (tertiary alicyclic amines) is 1. The molecule has 0 saturated carbocycles. The highest BCUT2D eigenvalue weighted by atomic mass is 19.1. The average Bonchev–Trinajstić information content (AvgIpc) is 3.12. The largest absolute Gasteiger partial charge is 0.497 e. The third-order valence-electron chi connectivity index (χ3n) is 6.99. The maximum absolute atomic E-state index is 14.0. The Kier molecular flexibility index (Phi) is 5.63. The molecule has 2 N–H and O–H groups in total. The van der Waals surface area contributed by atoms with E-state index in [-0.39, 0.29) is 23.6 Å². The number of ether oxygens (including phenoxy) is 2. The van der Waals surface area contributed by atoms with E-state index in [1.807, 2.05) is 12.1 Å². The van der Waals surface area contributed by atoms with Crippen LogP contribution in [0.3, 0.4) is 0 Å². The van der Waals surface area contributed by atoms with Gasteiger partial charge in [0.15, 0.2) is 11.6 Å². The molecular formula is C25H26FN3O5. The summed E-state index contributed by atoms with van der Waals surface area (Å²) < 4.78 is 25.1. The van der Waals surface area contributed by atoms with Gasteiger partial charge in [-0.15, -0.1) is 0 Å². The van der Waals surface area contributed by atoms with Crippen LogP contribution in [0.1, 0.15) is 30.4 Å². The number of benzene rings is 2. The number of rotatable bonds is 4. The van der Waals surface area contributed by atoms with Crippen LogP contribution in [-0.4, -0.2) is 49.0 Å². The second kappa shape index (κ2) is 8.62. The minimum absolute atomic E-state index is 0.0916. The van der Waals surface area contributed by atoms with Crippen LogP contribution in [0, 0.1) is 11.7 Å². The van der Waals surface area contributed by atoms with Crippen LogP contribution in [-0.2, 0) is 21.5 Å². The highest BCUT2D eigenvalue weighted by molar-refractivity contribution is 6.08. The molecule has 2 atom stereocenters. The predicted molar refractivity (Wildman–Crippen MR) is 120 cm³/mol. The first-order valence-electron chi connectivity index (χ1n) is 11.4. The van der Waals surface area contributed by atoms with Gasteiger partial charge in [-0.3, -0.25) is 14.9 Å². The Morgan fingerprint density at radius 1 is 1.18 bits per heavy atom. The number of nitrogens with one attached hydrogen (secondary N) is 2. The maximum atomic E-state index is 14.0. The monoisotopic (exact) mass is 467 g/mol. The molecule has 3 heterocycles. The van der Waals surface area contributed by atoms with Crippen LogP contribution >= 0.6 is 0 Å². The highest BCUT2D eigenvalue weighted by Crippen LogP contribution is 2.42. The maximum Gasteiger partial charge on any atom is 0.322 e. The number of hydrogen-bond donors (Lipinski definition) is 2. The molecule has 0 bridgehead atoms. The number of urea groups is 1. The molecule has 2 aromatic rings. The molecule has 3 aliphatic rings. The minimum Gasteiger partial charge on any atom is -0.497 e. The van der Waals surface area contributed by atoms with Gasteiger partial charge in [0.1, 0.15) is 17.3 Å². The SMILES string of the molecule is COc1ccc(CC2CCN(C(=O)C3CC4(NC(=O)NC4=O)c4cc(F)ccc4O3)CC2)cc1. The lowest BCUT2D eigenvalue weighted by molar-refractivity contribution is -0.143. The van der Waals surface area contributed by atoms with Crippen molar-refractivity contribution in [1.82, 2.24) is 15.5 Å². The van der Waals surface area contributed by atoms with Gasteiger partial charge in [0, 0.05) is 25.1 Å². The highest BCUT2D eigenvalue weighted by Gasteiger charge is 2.55. The van der Waals surface area contributed by atoms with Crippen LogP contribution in [0.5, 0.6) is 11.5 Å². The summed E-state index contributed by atoms with van der Waals surface area (Å²) in [5, 5.41) is 4.82. The fraction of sp³-hybridized carbons (Fsp3) is 0.400. The lowest BCUT2D eigenvalue weighted by Gasteiger charge is -2.40. The number of imide groups is 1. The molecule has 2 unspecified atom stereocenters. The quantitative estimate of drug-likeness (QED) is 0.674. The number of fused-ring (bicyclic) bond motifs is 2. The molecule has 34 heavy (non-hydrogen) atoms. The van der Waals surface area contributed by atoms with E-state index in [4.69, 9.17) is 9.47 Å². The van der Waals surface area contributed by atoms with Gasteiger partial charge in [0.25, 0.3) is 11.8 Å². The number of hydrogen-bond acceptors (Lipinski definition) is 5. The normalized spacial score (nSPS) is 24.3. The van der Waals surface area contributed by atoms with E-state index in [9.17, 15) is 18.8 Å². The molecular weight excluding hydrogens is 441 g/mol. The van der Waals surface area contributed by atoms with Crippen LogP contribution in [0.4, 0.5) is 9.18 Å². The Morgan fingerprint density at radius 3 is 2.56 bits per heavy atom. The van der Waals surface area contributed by atoms with E-state index >= 15 is 0 Å². The van der Waals surface area contributed by atoms with Gasteiger partial charge in [0.2, 0.25) is 0 Å². The number of methoxy groups -OCH3 is 1. The smallest absolute Gasteiger partial charge is 0.322 e. The number of nitrogens with zero attached hydrogens (tertiary/aromatic N) is 1. The van der Waals surface area contributed by atoms with Crippen molar-refractivity contribution in [3.8, 4) is 11.5 Å². The molecule has 2 saturated heterocycles. The Labute approximate surface area is 196 Å². The summed E-state index contributed by atoms with van der Waals surface area (Å²) in [5.74, 6) is 0.109. The molecule has 178 valence electrons. The van der Waals surface area contributed by atoms with E-state index in [2.05, 4.69) is 22.8 Å². The van der Waals surface area contributed by atoms with E-state index in [0.29, 0.717) is 19.0 Å². The van der Waals surface area contributed by atoms with E-state index in [1.54, 1.807) is 12.0 Å². The minimum atomic E-state index is -1.53. The summed E-state index contributed by atoms with van der Waals surface area (Å²) >= 11 is 0. The zero-order chi connectivity index (χ0) is 23.9. The zero-order valence-corrected chi connectivity index (χ0v) is 18.8. The first-order valence-corrected chi connectivity index (χ1v) is 11.4. The summed E-state index contributed by atoms with van der Waals surface area (Å²) in [5.41, 5.74) is -0.0761. The molecule has 2 aromatic carbocycles. The Bertz CT molecular complexity index is 1130. The molecule has 5 rings (SSSR count). The second-order valence-electron chi connectivity index (χ2n) is 9.09. The van der Waals surface area contributed by atoms with Gasteiger partial charge < -0.3 is 19.7 Å². The fourth-order valence-corrected chi connectivity index (χ4v) is 5.14. The zero-order valence-electron chi connectivity index (χ0n) is 18.8. The van der Waals surface area contributed by atoms with Crippen molar-refractivity contribution < 1.29 is 28.2 Å². The van der Waals surface area contributed by atoms with E-state index in [0.717, 1.165) is 25.0 Å². The third-order valence-corrected chi connectivity index (χ3v) is 6.99. The first-order chi connectivity index (χ1) is 16.4. The molecule has 2 fully saturated rings. The molecule has 4 amide bonds. The topological polar surface area (TPSA) is 97.0 Å². The number of carbonyl (C=O) groups is 3. The van der Waals surface area contributed by atoms with Crippen molar-refractivity contribution in [3.63, 3.8) is 0 Å². The van der Waals surface area contributed by atoms with Gasteiger partial charge >= 0.3 is 6.03 Å². The van der Waals surface area contributed by atoms with Gasteiger partial charge in [0.05, 0.1) is 7.11 Å². The Morgan fingerprint density at radius 2 is 1.91 bits per heavy atom. The average molecular weight is 467 g/mol. The van der Waals surface area contributed by atoms with Crippen LogP contribution in [0.15, 0.2) is 42.5 Å². The first kappa shape index (κ1) is 22.2. The number of piperidine rings is 1.